The minimum absolute atomic E-state index is 0.0816. The summed E-state index contributed by atoms with van der Waals surface area (Å²) in [6.45, 7) is 5.60. The van der Waals surface area contributed by atoms with Gasteiger partial charge in [-0.3, -0.25) is 4.79 Å². The second kappa shape index (κ2) is 14.7. The SMILES string of the molecule is C=CC(=O)COCC(O)COCC(O)COCC(O)COC(=O)C=C. The number of carbonyl (C=O) groups is 2. The van der Waals surface area contributed by atoms with Crippen molar-refractivity contribution in [1.82, 2.24) is 0 Å². The van der Waals surface area contributed by atoms with E-state index in [0.717, 1.165) is 12.2 Å². The van der Waals surface area contributed by atoms with Gasteiger partial charge in [-0.1, -0.05) is 13.2 Å². The summed E-state index contributed by atoms with van der Waals surface area (Å²) in [6, 6.07) is 0. The van der Waals surface area contributed by atoms with Crippen LogP contribution in [0.5, 0.6) is 0 Å². The van der Waals surface area contributed by atoms with Crippen molar-refractivity contribution in [3.63, 3.8) is 0 Å². The Labute approximate surface area is 146 Å². The summed E-state index contributed by atoms with van der Waals surface area (Å²) in [5.74, 6) is -0.939. The van der Waals surface area contributed by atoms with Gasteiger partial charge in [-0.2, -0.15) is 0 Å². The first kappa shape index (κ1) is 23.4. The van der Waals surface area contributed by atoms with Crippen LogP contribution < -0.4 is 0 Å². The van der Waals surface area contributed by atoms with Crippen molar-refractivity contribution in [2.24, 2.45) is 0 Å². The molecular formula is C16H26O9. The molecule has 0 rings (SSSR count). The van der Waals surface area contributed by atoms with Crippen LogP contribution >= 0.6 is 0 Å². The second-order valence-electron chi connectivity index (χ2n) is 5.06. The van der Waals surface area contributed by atoms with Gasteiger partial charge in [-0.15, -0.1) is 0 Å². The van der Waals surface area contributed by atoms with Gasteiger partial charge in [0.25, 0.3) is 0 Å². The lowest BCUT2D eigenvalue weighted by Crippen LogP contribution is -2.30. The molecule has 0 amide bonds. The molecule has 144 valence electrons. The Morgan fingerprint density at radius 1 is 0.760 bits per heavy atom. The lowest BCUT2D eigenvalue weighted by atomic mass is 10.3. The van der Waals surface area contributed by atoms with E-state index in [9.17, 15) is 24.9 Å². The molecule has 0 saturated heterocycles. The first-order valence-electron chi connectivity index (χ1n) is 7.60. The van der Waals surface area contributed by atoms with E-state index in [0.29, 0.717) is 0 Å². The van der Waals surface area contributed by atoms with Crippen molar-refractivity contribution in [2.75, 3.05) is 46.2 Å². The average molecular weight is 362 g/mol. The summed E-state index contributed by atoms with van der Waals surface area (Å²) in [5.41, 5.74) is 0. The van der Waals surface area contributed by atoms with E-state index in [1.165, 1.54) is 0 Å². The highest BCUT2D eigenvalue weighted by molar-refractivity contribution is 5.90. The molecule has 0 aliphatic rings. The summed E-state index contributed by atoms with van der Waals surface area (Å²) in [7, 11) is 0. The molecule has 25 heavy (non-hydrogen) atoms. The molecule has 0 bridgehead atoms. The van der Waals surface area contributed by atoms with Gasteiger partial charge < -0.3 is 34.3 Å². The number of carbonyl (C=O) groups excluding carboxylic acids is 2. The van der Waals surface area contributed by atoms with Crippen molar-refractivity contribution in [2.45, 2.75) is 18.3 Å². The predicted molar refractivity (Wildman–Crippen MR) is 86.8 cm³/mol. The number of hydrogen-bond acceptors (Lipinski definition) is 9. The Morgan fingerprint density at radius 3 is 1.64 bits per heavy atom. The minimum atomic E-state index is -1.02. The van der Waals surface area contributed by atoms with Crippen LogP contribution in [0.25, 0.3) is 0 Å². The van der Waals surface area contributed by atoms with E-state index >= 15 is 0 Å². The molecule has 0 spiro atoms. The topological polar surface area (TPSA) is 132 Å². The normalized spacial score (nSPS) is 14.4. The number of ether oxygens (including phenoxy) is 4. The molecule has 9 heteroatoms. The zero-order chi connectivity index (χ0) is 19.1. The third-order valence-electron chi connectivity index (χ3n) is 2.61. The lowest BCUT2D eigenvalue weighted by Gasteiger charge is -2.16. The number of ketones is 1. The summed E-state index contributed by atoms with van der Waals surface area (Å²) in [5, 5.41) is 28.6. The van der Waals surface area contributed by atoms with Crippen LogP contribution in [0.3, 0.4) is 0 Å². The molecule has 0 heterocycles. The fourth-order valence-electron chi connectivity index (χ4n) is 1.42. The third-order valence-corrected chi connectivity index (χ3v) is 2.61. The number of aliphatic hydroxyl groups excluding tert-OH is 3. The summed E-state index contributed by atoms with van der Waals surface area (Å²) in [6.07, 6.45) is -0.815. The average Bonchev–Trinajstić information content (AvgIpc) is 2.59. The zero-order valence-corrected chi connectivity index (χ0v) is 14.0. The molecule has 9 nitrogen and oxygen atoms in total. The fourth-order valence-corrected chi connectivity index (χ4v) is 1.42. The quantitative estimate of drug-likeness (QED) is 0.224. The van der Waals surface area contributed by atoms with Crippen molar-refractivity contribution >= 4 is 11.8 Å². The maximum Gasteiger partial charge on any atom is 0.330 e. The largest absolute Gasteiger partial charge is 0.460 e. The molecule has 0 aliphatic carbocycles. The molecule has 3 unspecified atom stereocenters. The maximum atomic E-state index is 10.9. The van der Waals surface area contributed by atoms with Gasteiger partial charge in [0.15, 0.2) is 5.78 Å². The summed E-state index contributed by atoms with van der Waals surface area (Å²) < 4.78 is 19.7. The van der Waals surface area contributed by atoms with Gasteiger partial charge in [0.05, 0.1) is 33.0 Å². The van der Waals surface area contributed by atoms with Crippen LogP contribution in [0.4, 0.5) is 0 Å². The van der Waals surface area contributed by atoms with Crippen LogP contribution in [0.15, 0.2) is 25.3 Å². The van der Waals surface area contributed by atoms with Crippen LogP contribution in [0.2, 0.25) is 0 Å². The van der Waals surface area contributed by atoms with Crippen molar-refractivity contribution < 1.29 is 43.9 Å². The van der Waals surface area contributed by atoms with Gasteiger partial charge in [0.2, 0.25) is 0 Å². The van der Waals surface area contributed by atoms with Crippen LogP contribution in [-0.4, -0.2) is 91.6 Å². The Bertz CT molecular complexity index is 410. The van der Waals surface area contributed by atoms with Crippen LogP contribution in [-0.2, 0) is 28.5 Å². The molecule has 0 aliphatic heterocycles. The lowest BCUT2D eigenvalue weighted by molar-refractivity contribution is -0.142. The Kier molecular flexibility index (Phi) is 13.7. The second-order valence-corrected chi connectivity index (χ2v) is 5.06. The standard InChI is InChI=1S/C16H26O9/c1-3-12(17)5-22-6-13(18)7-23-8-14(19)9-24-10-15(20)11-25-16(21)4-2/h3-4,13-15,18-20H,1-2,5-11H2. The van der Waals surface area contributed by atoms with Crippen molar-refractivity contribution in [3.8, 4) is 0 Å². The number of aliphatic hydroxyl groups is 3. The van der Waals surface area contributed by atoms with Crippen LogP contribution in [0, 0.1) is 0 Å². The van der Waals surface area contributed by atoms with E-state index in [1.807, 2.05) is 0 Å². The van der Waals surface area contributed by atoms with Crippen molar-refractivity contribution in [3.05, 3.63) is 25.3 Å². The molecule has 0 aromatic heterocycles. The molecule has 3 atom stereocenters. The van der Waals surface area contributed by atoms with E-state index < -0.39 is 24.3 Å². The Morgan fingerprint density at radius 2 is 1.20 bits per heavy atom. The Hall–Kier alpha value is -1.62. The Balaban J connectivity index is 3.61. The highest BCUT2D eigenvalue weighted by atomic mass is 16.6. The van der Waals surface area contributed by atoms with E-state index in [1.54, 1.807) is 0 Å². The first-order chi connectivity index (χ1) is 11.9. The minimum Gasteiger partial charge on any atom is -0.460 e. The van der Waals surface area contributed by atoms with E-state index in [2.05, 4.69) is 17.9 Å². The van der Waals surface area contributed by atoms with Gasteiger partial charge >= 0.3 is 5.97 Å². The third kappa shape index (κ3) is 14.4. The number of rotatable bonds is 16. The first-order valence-corrected chi connectivity index (χ1v) is 7.60. The molecule has 3 N–H and O–H groups in total. The molecular weight excluding hydrogens is 336 g/mol. The van der Waals surface area contributed by atoms with Crippen LogP contribution in [0.1, 0.15) is 0 Å². The van der Waals surface area contributed by atoms with Gasteiger partial charge in [-0.05, 0) is 6.08 Å². The molecule has 0 radical (unpaired) electrons. The smallest absolute Gasteiger partial charge is 0.330 e. The molecule has 0 aromatic rings. The van der Waals surface area contributed by atoms with Gasteiger partial charge in [-0.25, -0.2) is 4.79 Å². The zero-order valence-electron chi connectivity index (χ0n) is 14.0. The van der Waals surface area contributed by atoms with E-state index in [4.69, 9.17) is 14.2 Å². The number of hydrogen-bond donors (Lipinski definition) is 3. The van der Waals surface area contributed by atoms with Crippen molar-refractivity contribution in [1.29, 1.82) is 0 Å². The predicted octanol–water partition coefficient (Wildman–Crippen LogP) is -1.40. The highest BCUT2D eigenvalue weighted by Gasteiger charge is 2.11. The molecule has 0 aromatic carbocycles. The van der Waals surface area contributed by atoms with Gasteiger partial charge in [0.1, 0.15) is 31.5 Å². The fraction of sp³-hybridized carbons (Fsp3) is 0.625. The maximum absolute atomic E-state index is 10.9. The number of esters is 1. The monoisotopic (exact) mass is 362 g/mol. The highest BCUT2D eigenvalue weighted by Crippen LogP contribution is 1.95. The summed E-state index contributed by atoms with van der Waals surface area (Å²) in [4.78, 5) is 21.7. The molecule has 0 fully saturated rings. The molecule has 0 saturated carbocycles. The summed E-state index contributed by atoms with van der Waals surface area (Å²) >= 11 is 0. The van der Waals surface area contributed by atoms with E-state index in [-0.39, 0.29) is 52.0 Å². The van der Waals surface area contributed by atoms with Gasteiger partial charge in [0, 0.05) is 6.08 Å².